The molecule has 0 unspecified atom stereocenters. The molecule has 0 fully saturated rings. The molecule has 0 saturated heterocycles. The Labute approximate surface area is 141 Å². The van der Waals surface area contributed by atoms with Crippen LogP contribution in [0.15, 0.2) is 41.1 Å². The van der Waals surface area contributed by atoms with Gasteiger partial charge < -0.3 is 10.1 Å². The molecule has 2 rings (SSSR count). The summed E-state index contributed by atoms with van der Waals surface area (Å²) in [7, 11) is 1.57. The highest BCUT2D eigenvalue weighted by Gasteiger charge is 2.30. The zero-order valence-corrected chi connectivity index (χ0v) is 13.8. The zero-order valence-electron chi connectivity index (χ0n) is 13.0. The molecular formula is C16H17F3N2O2S. The van der Waals surface area contributed by atoms with Crippen molar-refractivity contribution in [1.82, 2.24) is 0 Å². The number of carbonyl (C=O) groups excluding carboxylic acids is 1. The summed E-state index contributed by atoms with van der Waals surface area (Å²) in [6.07, 6.45) is -3.84. The van der Waals surface area contributed by atoms with Gasteiger partial charge in [0.1, 0.15) is 0 Å². The first-order valence-electron chi connectivity index (χ1n) is 7.18. The van der Waals surface area contributed by atoms with Crippen molar-refractivity contribution in [3.8, 4) is 0 Å². The smallest absolute Gasteiger partial charge is 0.385 e. The molecule has 0 aliphatic rings. The minimum absolute atomic E-state index is 0.0989. The van der Waals surface area contributed by atoms with Crippen LogP contribution in [0.4, 0.5) is 29.3 Å². The van der Waals surface area contributed by atoms with E-state index in [1.54, 1.807) is 18.6 Å². The summed E-state index contributed by atoms with van der Waals surface area (Å²) in [5, 5.41) is 6.15. The van der Waals surface area contributed by atoms with Crippen LogP contribution in [0.25, 0.3) is 0 Å². The van der Waals surface area contributed by atoms with Crippen molar-refractivity contribution in [1.29, 1.82) is 0 Å². The van der Waals surface area contributed by atoms with E-state index in [0.29, 0.717) is 25.3 Å². The molecule has 0 atom stereocenters. The minimum atomic E-state index is -4.45. The number of rotatable bonds is 6. The summed E-state index contributed by atoms with van der Waals surface area (Å²) in [5.74, 6) is 0. The standard InChI is InChI=1S/C16H17F3N2O2S/c1-23-8-3-7-21(14-6-9-24-11-14)15(22)20-13-5-2-4-12(10-13)16(17,18)19/h2,4-6,9-11H,3,7-8H2,1H3,(H,20,22). The molecule has 0 aliphatic carbocycles. The van der Waals surface area contributed by atoms with E-state index < -0.39 is 17.8 Å². The lowest BCUT2D eigenvalue weighted by atomic mass is 10.2. The van der Waals surface area contributed by atoms with Crippen molar-refractivity contribution >= 4 is 28.7 Å². The molecule has 1 N–H and O–H groups in total. The molecule has 0 radical (unpaired) electrons. The number of halogens is 3. The van der Waals surface area contributed by atoms with Crippen LogP contribution in [-0.4, -0.2) is 26.3 Å². The lowest BCUT2D eigenvalue weighted by Gasteiger charge is -2.22. The fourth-order valence-electron chi connectivity index (χ4n) is 2.09. The van der Waals surface area contributed by atoms with Gasteiger partial charge in [0, 0.05) is 31.3 Å². The molecule has 1 aromatic heterocycles. The van der Waals surface area contributed by atoms with E-state index in [2.05, 4.69) is 5.32 Å². The van der Waals surface area contributed by atoms with Gasteiger partial charge in [-0.05, 0) is 36.1 Å². The molecule has 1 aromatic carbocycles. The van der Waals surface area contributed by atoms with E-state index in [1.165, 1.54) is 28.4 Å². The molecule has 1 heterocycles. The van der Waals surface area contributed by atoms with Crippen LogP contribution in [0.3, 0.4) is 0 Å². The SMILES string of the molecule is COCCCN(C(=O)Nc1cccc(C(F)(F)F)c1)c1ccsc1. The van der Waals surface area contributed by atoms with Gasteiger partial charge in [0.2, 0.25) is 0 Å². The summed E-state index contributed by atoms with van der Waals surface area (Å²) in [4.78, 5) is 13.9. The predicted molar refractivity (Wildman–Crippen MR) is 88.6 cm³/mol. The Morgan fingerprint density at radius 3 is 2.75 bits per heavy atom. The number of alkyl halides is 3. The summed E-state index contributed by atoms with van der Waals surface area (Å²) in [5.41, 5.74) is -0.0101. The van der Waals surface area contributed by atoms with Gasteiger partial charge in [-0.25, -0.2) is 4.79 Å². The Morgan fingerprint density at radius 1 is 1.33 bits per heavy atom. The maximum atomic E-state index is 12.8. The molecule has 8 heteroatoms. The number of ether oxygens (including phenoxy) is 1. The topological polar surface area (TPSA) is 41.6 Å². The fourth-order valence-corrected chi connectivity index (χ4v) is 2.73. The number of hydrogen-bond acceptors (Lipinski definition) is 3. The molecule has 0 saturated carbocycles. The van der Waals surface area contributed by atoms with E-state index in [0.717, 1.165) is 12.1 Å². The maximum Gasteiger partial charge on any atom is 0.416 e. The quantitative estimate of drug-likeness (QED) is 0.751. The number of nitrogens with one attached hydrogen (secondary N) is 1. The van der Waals surface area contributed by atoms with Gasteiger partial charge in [-0.1, -0.05) is 6.07 Å². The summed E-state index contributed by atoms with van der Waals surface area (Å²) < 4.78 is 43.3. The van der Waals surface area contributed by atoms with Crippen LogP contribution >= 0.6 is 11.3 Å². The average molecular weight is 358 g/mol. The number of anilines is 2. The molecule has 0 aliphatic heterocycles. The molecule has 130 valence electrons. The van der Waals surface area contributed by atoms with E-state index >= 15 is 0 Å². The van der Waals surface area contributed by atoms with E-state index in [1.807, 2.05) is 5.38 Å². The van der Waals surface area contributed by atoms with Crippen molar-refractivity contribution in [3.63, 3.8) is 0 Å². The third kappa shape index (κ3) is 4.97. The van der Waals surface area contributed by atoms with Crippen LogP contribution in [0.1, 0.15) is 12.0 Å². The number of hydrogen-bond donors (Lipinski definition) is 1. The van der Waals surface area contributed by atoms with Crippen LogP contribution < -0.4 is 10.2 Å². The number of benzene rings is 1. The highest BCUT2D eigenvalue weighted by atomic mass is 32.1. The van der Waals surface area contributed by atoms with Crippen molar-refractivity contribution in [2.45, 2.75) is 12.6 Å². The van der Waals surface area contributed by atoms with Crippen LogP contribution in [0.2, 0.25) is 0 Å². The zero-order chi connectivity index (χ0) is 17.6. The van der Waals surface area contributed by atoms with Crippen LogP contribution in [-0.2, 0) is 10.9 Å². The summed E-state index contributed by atoms with van der Waals surface area (Å²) >= 11 is 1.43. The van der Waals surface area contributed by atoms with Crippen LogP contribution in [0.5, 0.6) is 0 Å². The van der Waals surface area contributed by atoms with E-state index in [-0.39, 0.29) is 5.69 Å². The second kappa shape index (κ2) is 8.16. The van der Waals surface area contributed by atoms with Gasteiger partial charge in [-0.2, -0.15) is 24.5 Å². The van der Waals surface area contributed by atoms with Crippen molar-refractivity contribution in [2.24, 2.45) is 0 Å². The highest BCUT2D eigenvalue weighted by molar-refractivity contribution is 7.08. The van der Waals surface area contributed by atoms with Crippen molar-refractivity contribution in [2.75, 3.05) is 30.5 Å². The summed E-state index contributed by atoms with van der Waals surface area (Å²) in [6, 6.07) is 5.86. The van der Waals surface area contributed by atoms with Crippen molar-refractivity contribution in [3.05, 3.63) is 46.7 Å². The van der Waals surface area contributed by atoms with E-state index in [4.69, 9.17) is 4.74 Å². The highest BCUT2D eigenvalue weighted by Crippen LogP contribution is 2.31. The lowest BCUT2D eigenvalue weighted by Crippen LogP contribution is -2.36. The summed E-state index contributed by atoms with van der Waals surface area (Å²) in [6.45, 7) is 0.882. The van der Waals surface area contributed by atoms with Gasteiger partial charge in [-0.3, -0.25) is 4.90 Å². The molecule has 0 bridgehead atoms. The number of methoxy groups -OCH3 is 1. The Hall–Kier alpha value is -2.06. The average Bonchev–Trinajstić information content (AvgIpc) is 3.05. The van der Waals surface area contributed by atoms with Gasteiger partial charge in [0.25, 0.3) is 0 Å². The van der Waals surface area contributed by atoms with Gasteiger partial charge >= 0.3 is 12.2 Å². The first-order chi connectivity index (χ1) is 11.4. The number of carbonyl (C=O) groups is 1. The fraction of sp³-hybridized carbons (Fsp3) is 0.312. The largest absolute Gasteiger partial charge is 0.416 e. The Bertz CT molecular complexity index is 660. The van der Waals surface area contributed by atoms with Gasteiger partial charge in [0.15, 0.2) is 0 Å². The predicted octanol–water partition coefficient (Wildman–Crippen LogP) is 4.84. The normalized spacial score (nSPS) is 11.3. The molecule has 2 aromatic rings. The van der Waals surface area contributed by atoms with Crippen molar-refractivity contribution < 1.29 is 22.7 Å². The first kappa shape index (κ1) is 18.3. The Morgan fingerprint density at radius 2 is 2.12 bits per heavy atom. The third-order valence-electron chi connectivity index (χ3n) is 3.23. The first-order valence-corrected chi connectivity index (χ1v) is 8.13. The third-order valence-corrected chi connectivity index (χ3v) is 3.91. The number of nitrogens with zero attached hydrogens (tertiary/aromatic N) is 1. The molecule has 2 amide bonds. The van der Waals surface area contributed by atoms with Gasteiger partial charge in [0.05, 0.1) is 11.3 Å². The number of urea groups is 1. The number of amides is 2. The lowest BCUT2D eigenvalue weighted by molar-refractivity contribution is -0.137. The van der Waals surface area contributed by atoms with E-state index in [9.17, 15) is 18.0 Å². The molecule has 24 heavy (non-hydrogen) atoms. The second-order valence-electron chi connectivity index (χ2n) is 4.99. The monoisotopic (exact) mass is 358 g/mol. The minimum Gasteiger partial charge on any atom is -0.385 e. The molecule has 0 spiro atoms. The van der Waals surface area contributed by atoms with Crippen LogP contribution in [0, 0.1) is 0 Å². The Kier molecular flexibility index (Phi) is 6.22. The molecule has 4 nitrogen and oxygen atoms in total. The second-order valence-corrected chi connectivity index (χ2v) is 5.77. The Balaban J connectivity index is 2.12. The maximum absolute atomic E-state index is 12.8. The van der Waals surface area contributed by atoms with Gasteiger partial charge in [-0.15, -0.1) is 0 Å². The molecular weight excluding hydrogens is 341 g/mol. The number of thiophene rings is 1.